The van der Waals surface area contributed by atoms with Crippen LogP contribution >= 0.6 is 34.2 Å². The Morgan fingerprint density at radius 3 is 2.45 bits per heavy atom. The van der Waals surface area contributed by atoms with E-state index in [-0.39, 0.29) is 0 Å². The molecule has 1 aliphatic heterocycles. The van der Waals surface area contributed by atoms with Gasteiger partial charge in [0, 0.05) is 8.59 Å². The lowest BCUT2D eigenvalue weighted by molar-refractivity contribution is -0.114. The molecule has 0 spiro atoms. The number of halogens is 2. The highest BCUT2D eigenvalue weighted by molar-refractivity contribution is 14.1. The summed E-state index contributed by atoms with van der Waals surface area (Å²) in [6.07, 6.45) is 0. The minimum atomic E-state index is -0.499. The van der Waals surface area contributed by atoms with Crippen LogP contribution in [0.3, 0.4) is 0 Å². The fraction of sp³-hybridized carbons (Fsp3) is 0.0667. The molecule has 0 fully saturated rings. The van der Waals surface area contributed by atoms with E-state index in [1.54, 1.807) is 18.2 Å². The van der Waals surface area contributed by atoms with Gasteiger partial charge in [-0.15, -0.1) is 0 Å². The van der Waals surface area contributed by atoms with Crippen molar-refractivity contribution in [3.05, 3.63) is 62.2 Å². The molecule has 100 valence electrons. The topological polar surface area (TPSA) is 37.4 Å². The van der Waals surface area contributed by atoms with E-state index in [9.17, 15) is 9.59 Å². The SMILES string of the molecule is O=C1C(=O)N(Cc2ccc(I)cc2)c2ccc(Cl)cc21. The van der Waals surface area contributed by atoms with Crippen LogP contribution in [0.5, 0.6) is 0 Å². The standard InChI is InChI=1S/C15H9ClINO2/c16-10-3-6-13-12(7-10)14(19)15(20)18(13)8-9-1-4-11(17)5-2-9/h1-7H,8H2. The van der Waals surface area contributed by atoms with Crippen molar-refractivity contribution in [1.29, 1.82) is 0 Å². The smallest absolute Gasteiger partial charge is 0.299 e. The first kappa shape index (κ1) is 13.6. The number of Topliss-reactive ketones (excluding diaryl/α,β-unsaturated/α-hetero) is 1. The average molecular weight is 398 g/mol. The zero-order valence-corrected chi connectivity index (χ0v) is 13.2. The Morgan fingerprint density at radius 2 is 1.75 bits per heavy atom. The second-order valence-corrected chi connectivity index (χ2v) is 6.19. The van der Waals surface area contributed by atoms with Crippen LogP contribution in [-0.4, -0.2) is 11.7 Å². The van der Waals surface area contributed by atoms with E-state index in [0.29, 0.717) is 22.8 Å². The zero-order valence-electron chi connectivity index (χ0n) is 10.3. The number of nitrogens with zero attached hydrogens (tertiary/aromatic N) is 1. The van der Waals surface area contributed by atoms with Gasteiger partial charge < -0.3 is 4.90 Å². The Kier molecular flexibility index (Phi) is 3.52. The first-order valence-electron chi connectivity index (χ1n) is 5.96. The molecule has 1 aliphatic rings. The summed E-state index contributed by atoms with van der Waals surface area (Å²) in [5.74, 6) is -0.992. The van der Waals surface area contributed by atoms with Gasteiger partial charge in [0.25, 0.3) is 11.7 Å². The third kappa shape index (κ3) is 2.33. The summed E-state index contributed by atoms with van der Waals surface area (Å²) in [7, 11) is 0. The first-order valence-corrected chi connectivity index (χ1v) is 7.42. The van der Waals surface area contributed by atoms with Crippen molar-refractivity contribution in [2.45, 2.75) is 6.54 Å². The number of fused-ring (bicyclic) bond motifs is 1. The molecule has 0 unspecified atom stereocenters. The fourth-order valence-corrected chi connectivity index (χ4v) is 2.73. The summed E-state index contributed by atoms with van der Waals surface area (Å²) >= 11 is 8.10. The van der Waals surface area contributed by atoms with E-state index in [4.69, 9.17) is 11.6 Å². The number of rotatable bonds is 2. The van der Waals surface area contributed by atoms with E-state index < -0.39 is 11.7 Å². The molecule has 2 aromatic rings. The molecule has 3 nitrogen and oxygen atoms in total. The van der Waals surface area contributed by atoms with Gasteiger partial charge in [-0.05, 0) is 58.5 Å². The second kappa shape index (κ2) is 5.18. The number of carbonyl (C=O) groups is 2. The Bertz CT molecular complexity index is 712. The largest absolute Gasteiger partial charge is 0.300 e. The normalized spacial score (nSPS) is 13.8. The Labute approximate surface area is 134 Å². The lowest BCUT2D eigenvalue weighted by Crippen LogP contribution is -2.29. The highest BCUT2D eigenvalue weighted by atomic mass is 127. The summed E-state index contributed by atoms with van der Waals surface area (Å²) in [4.78, 5) is 25.5. The molecule has 0 saturated heterocycles. The van der Waals surface area contributed by atoms with Gasteiger partial charge in [-0.3, -0.25) is 9.59 Å². The molecule has 2 aromatic carbocycles. The van der Waals surface area contributed by atoms with Gasteiger partial charge in [-0.2, -0.15) is 0 Å². The van der Waals surface area contributed by atoms with E-state index in [0.717, 1.165) is 9.13 Å². The molecule has 3 rings (SSSR count). The van der Waals surface area contributed by atoms with Crippen LogP contribution in [0, 0.1) is 3.57 Å². The molecule has 0 aromatic heterocycles. The molecule has 0 atom stereocenters. The van der Waals surface area contributed by atoms with E-state index in [2.05, 4.69) is 22.6 Å². The Balaban J connectivity index is 1.97. The van der Waals surface area contributed by atoms with Gasteiger partial charge in [0.05, 0.1) is 17.8 Å². The summed E-state index contributed by atoms with van der Waals surface area (Å²) in [6.45, 7) is 0.385. The molecule has 1 heterocycles. The first-order chi connectivity index (χ1) is 9.56. The maximum absolute atomic E-state index is 12.1. The zero-order chi connectivity index (χ0) is 14.3. The number of ketones is 1. The minimum Gasteiger partial charge on any atom is -0.300 e. The van der Waals surface area contributed by atoms with Gasteiger partial charge in [0.2, 0.25) is 0 Å². The third-order valence-corrected chi connectivity index (χ3v) is 4.14. The van der Waals surface area contributed by atoms with Gasteiger partial charge in [-0.25, -0.2) is 0 Å². The maximum Gasteiger partial charge on any atom is 0.299 e. The van der Waals surface area contributed by atoms with Crippen molar-refractivity contribution < 1.29 is 9.59 Å². The van der Waals surface area contributed by atoms with Gasteiger partial charge in [-0.1, -0.05) is 23.7 Å². The predicted molar refractivity (Wildman–Crippen MR) is 86.1 cm³/mol. The minimum absolute atomic E-state index is 0.382. The van der Waals surface area contributed by atoms with Crippen LogP contribution in [0.4, 0.5) is 5.69 Å². The van der Waals surface area contributed by atoms with Crippen LogP contribution in [0.1, 0.15) is 15.9 Å². The lowest BCUT2D eigenvalue weighted by atomic mass is 10.1. The number of carbonyl (C=O) groups excluding carboxylic acids is 2. The van der Waals surface area contributed by atoms with Gasteiger partial charge >= 0.3 is 0 Å². The molecule has 0 bridgehead atoms. The average Bonchev–Trinajstić information content (AvgIpc) is 2.66. The number of benzene rings is 2. The van der Waals surface area contributed by atoms with Crippen molar-refractivity contribution in [1.82, 2.24) is 0 Å². The highest BCUT2D eigenvalue weighted by Gasteiger charge is 2.35. The molecule has 0 aliphatic carbocycles. The van der Waals surface area contributed by atoms with Crippen molar-refractivity contribution >= 4 is 51.6 Å². The van der Waals surface area contributed by atoms with Crippen LogP contribution < -0.4 is 4.90 Å². The molecule has 5 heteroatoms. The van der Waals surface area contributed by atoms with Crippen molar-refractivity contribution in [2.24, 2.45) is 0 Å². The number of anilines is 1. The van der Waals surface area contributed by atoms with E-state index in [1.165, 1.54) is 4.90 Å². The van der Waals surface area contributed by atoms with Crippen LogP contribution in [0.25, 0.3) is 0 Å². The fourth-order valence-electron chi connectivity index (χ4n) is 2.20. The summed E-state index contributed by atoms with van der Waals surface area (Å²) < 4.78 is 1.13. The Morgan fingerprint density at radius 1 is 1.05 bits per heavy atom. The van der Waals surface area contributed by atoms with E-state index >= 15 is 0 Å². The molecule has 1 amide bonds. The van der Waals surface area contributed by atoms with Gasteiger partial charge in [0.1, 0.15) is 0 Å². The summed E-state index contributed by atoms with van der Waals surface area (Å²) in [6, 6.07) is 12.8. The Hall–Kier alpha value is -1.40. The highest BCUT2D eigenvalue weighted by Crippen LogP contribution is 2.32. The molecule has 0 N–H and O–H groups in total. The van der Waals surface area contributed by atoms with Crippen molar-refractivity contribution in [2.75, 3.05) is 4.90 Å². The van der Waals surface area contributed by atoms with Crippen LogP contribution in [0.2, 0.25) is 5.02 Å². The molecule has 20 heavy (non-hydrogen) atoms. The quantitative estimate of drug-likeness (QED) is 0.573. The third-order valence-electron chi connectivity index (χ3n) is 3.19. The predicted octanol–water partition coefficient (Wildman–Crippen LogP) is 3.67. The number of hydrogen-bond acceptors (Lipinski definition) is 2. The monoisotopic (exact) mass is 397 g/mol. The number of hydrogen-bond donors (Lipinski definition) is 0. The van der Waals surface area contributed by atoms with Crippen LogP contribution in [0.15, 0.2) is 42.5 Å². The summed E-state index contributed by atoms with van der Waals surface area (Å²) in [5, 5.41) is 0.459. The van der Waals surface area contributed by atoms with Gasteiger partial charge in [0.15, 0.2) is 0 Å². The maximum atomic E-state index is 12.1. The molecular weight excluding hydrogens is 389 g/mol. The van der Waals surface area contributed by atoms with Crippen molar-refractivity contribution in [3.63, 3.8) is 0 Å². The number of amides is 1. The van der Waals surface area contributed by atoms with Crippen molar-refractivity contribution in [3.8, 4) is 0 Å². The lowest BCUT2D eigenvalue weighted by Gasteiger charge is -2.16. The molecule has 0 radical (unpaired) electrons. The second-order valence-electron chi connectivity index (χ2n) is 4.51. The molecule has 0 saturated carbocycles. The molecular formula is C15H9ClINO2. The van der Waals surface area contributed by atoms with E-state index in [1.807, 2.05) is 24.3 Å². The summed E-state index contributed by atoms with van der Waals surface area (Å²) in [5.41, 5.74) is 1.99. The van der Waals surface area contributed by atoms with Crippen LogP contribution in [-0.2, 0) is 11.3 Å².